The van der Waals surface area contributed by atoms with E-state index in [9.17, 15) is 0 Å². The Morgan fingerprint density at radius 1 is 0.789 bits per heavy atom. The van der Waals surface area contributed by atoms with Gasteiger partial charge in [0.1, 0.15) is 0 Å². The molecule has 0 aromatic carbocycles. The van der Waals surface area contributed by atoms with E-state index < -0.39 is 13.4 Å². The molecule has 6 heteroatoms. The van der Waals surface area contributed by atoms with Gasteiger partial charge in [-0.25, -0.2) is 0 Å². The summed E-state index contributed by atoms with van der Waals surface area (Å²) in [6, 6.07) is 0. The summed E-state index contributed by atoms with van der Waals surface area (Å²) in [5, 5.41) is 0. The molecule has 2 rings (SSSR count). The molecule has 2 nitrogen and oxygen atoms in total. The molecule has 2 saturated heterocycles. The van der Waals surface area contributed by atoms with E-state index in [1.165, 1.54) is 25.7 Å². The zero-order chi connectivity index (χ0) is 14.8. The molecule has 2 aliphatic rings. The minimum absolute atomic E-state index is 0.0592. The Labute approximate surface area is 132 Å². The van der Waals surface area contributed by atoms with Crippen molar-refractivity contribution >= 4 is 31.8 Å². The zero-order valence-corrected chi connectivity index (χ0v) is 17.6. The van der Waals surface area contributed by atoms with Gasteiger partial charge in [-0.3, -0.25) is 0 Å². The first-order chi connectivity index (χ1) is 8.71. The van der Waals surface area contributed by atoms with Crippen LogP contribution < -0.4 is 0 Å². The molecule has 0 unspecified atom stereocenters. The van der Waals surface area contributed by atoms with Crippen molar-refractivity contribution in [3.63, 3.8) is 0 Å². The summed E-state index contributed by atoms with van der Waals surface area (Å²) in [6.07, 6.45) is 5.11. The van der Waals surface area contributed by atoms with Gasteiger partial charge in [0.05, 0.1) is 0 Å². The van der Waals surface area contributed by atoms with Crippen molar-refractivity contribution in [2.75, 3.05) is 26.4 Å². The molecule has 116 valence electrons. The Hall–Kier alpha value is 1.40. The monoisotopic (exact) mass is 500 g/mol. The van der Waals surface area contributed by atoms with E-state index in [0.717, 1.165) is 26.4 Å². The molecule has 19 heavy (non-hydrogen) atoms. The molecule has 2 heterocycles. The van der Waals surface area contributed by atoms with E-state index in [2.05, 4.69) is 0 Å². The van der Waals surface area contributed by atoms with Gasteiger partial charge in [-0.15, -0.1) is 0 Å². The van der Waals surface area contributed by atoms with Gasteiger partial charge in [0.2, 0.25) is 0 Å². The van der Waals surface area contributed by atoms with Crippen LogP contribution in [0.15, 0.2) is 0 Å². The summed E-state index contributed by atoms with van der Waals surface area (Å²) in [6.45, 7) is 10.1. The normalized spacial score (nSPS) is 19.1. The molecule has 0 bridgehead atoms. The fourth-order valence-electron chi connectivity index (χ4n) is 1.46. The molecule has 0 spiro atoms. The second kappa shape index (κ2) is 11.0. The first-order valence-corrected chi connectivity index (χ1v) is 20.5. The van der Waals surface area contributed by atoms with Crippen LogP contribution in [0.25, 0.3) is 0 Å². The molecule has 0 atom stereocenters. The van der Waals surface area contributed by atoms with Crippen LogP contribution in [-0.2, 0) is 22.9 Å². The maximum atomic E-state index is 5.71. The molecule has 2 aliphatic heterocycles. The summed E-state index contributed by atoms with van der Waals surface area (Å²) in [7, 11) is 17.1. The van der Waals surface area contributed by atoms with Crippen LogP contribution in [0.4, 0.5) is 0 Å². The topological polar surface area (TPSA) is 18.5 Å². The fourth-order valence-corrected chi connectivity index (χ4v) is 11.8. The summed E-state index contributed by atoms with van der Waals surface area (Å²) in [4.78, 5) is 0. The van der Waals surface area contributed by atoms with Crippen molar-refractivity contribution in [2.24, 2.45) is 5.41 Å². The van der Waals surface area contributed by atoms with Gasteiger partial charge in [0.25, 0.3) is 0 Å². The predicted octanol–water partition coefficient (Wildman–Crippen LogP) is 5.04. The summed E-state index contributed by atoms with van der Waals surface area (Å²) in [5.41, 5.74) is 0.0592. The molecular formula is C13H26Cl3O2Ta. The van der Waals surface area contributed by atoms with Crippen LogP contribution in [-0.4, -0.2) is 30.7 Å². The van der Waals surface area contributed by atoms with E-state index in [1.54, 1.807) is 0 Å². The molecule has 0 radical (unpaired) electrons. The molecular weight excluding hydrogens is 475 g/mol. The molecule has 0 aromatic heterocycles. The molecule has 0 N–H and O–H groups in total. The summed E-state index contributed by atoms with van der Waals surface area (Å²) in [5.74, 6) is 0. The van der Waals surface area contributed by atoms with Gasteiger partial charge in [0.15, 0.2) is 0 Å². The average Bonchev–Trinajstić information content (AvgIpc) is 2.93. The van der Waals surface area contributed by atoms with Crippen LogP contribution in [0.1, 0.15) is 46.5 Å². The van der Waals surface area contributed by atoms with Crippen LogP contribution in [0.3, 0.4) is 0 Å². The summed E-state index contributed by atoms with van der Waals surface area (Å²) < 4.78 is 11.8. The van der Waals surface area contributed by atoms with E-state index in [4.69, 9.17) is 37.0 Å². The number of halogens is 3. The van der Waals surface area contributed by atoms with E-state index in [-0.39, 0.29) is 5.41 Å². The second-order valence-corrected chi connectivity index (χ2v) is 27.4. The maximum absolute atomic E-state index is 5.71. The Morgan fingerprint density at radius 2 is 1.11 bits per heavy atom. The van der Waals surface area contributed by atoms with Gasteiger partial charge in [-0.2, -0.15) is 0 Å². The van der Waals surface area contributed by atoms with Crippen molar-refractivity contribution in [3.8, 4) is 0 Å². The standard InChI is InChI=1S/C5H10.2C4H8O.3ClH.Ta/c1-5(2,3)4;2*1-2-4-5-3-1;;;;/h1H,2-4H3;2*1-4H2;3*1H;/q;;;;;;+3/p-3. The zero-order valence-electron chi connectivity index (χ0n) is 12.1. The Kier molecular flexibility index (Phi) is 11.8. The van der Waals surface area contributed by atoms with E-state index in [0.29, 0.717) is 0 Å². The van der Waals surface area contributed by atoms with E-state index in [1.807, 2.05) is 25.0 Å². The second-order valence-electron chi connectivity index (χ2n) is 5.62. The third kappa shape index (κ3) is 19.4. The molecule has 0 aliphatic carbocycles. The van der Waals surface area contributed by atoms with Gasteiger partial charge in [-0.05, 0) is 25.7 Å². The first-order valence-electron chi connectivity index (χ1n) is 6.71. The van der Waals surface area contributed by atoms with Crippen LogP contribution >= 0.6 is 27.6 Å². The van der Waals surface area contributed by atoms with Crippen LogP contribution in [0.5, 0.6) is 0 Å². The number of rotatable bonds is 0. The van der Waals surface area contributed by atoms with Crippen molar-refractivity contribution in [2.45, 2.75) is 46.5 Å². The molecule has 0 amide bonds. The van der Waals surface area contributed by atoms with Crippen LogP contribution in [0, 0.1) is 5.41 Å². The van der Waals surface area contributed by atoms with Gasteiger partial charge < -0.3 is 9.47 Å². The van der Waals surface area contributed by atoms with E-state index >= 15 is 0 Å². The third-order valence-corrected chi connectivity index (χ3v) is 8.42. The molecule has 0 saturated carbocycles. The Morgan fingerprint density at radius 3 is 1.16 bits per heavy atom. The van der Waals surface area contributed by atoms with Crippen molar-refractivity contribution in [1.82, 2.24) is 0 Å². The van der Waals surface area contributed by atoms with Crippen LogP contribution in [0.2, 0.25) is 0 Å². The van der Waals surface area contributed by atoms with Gasteiger partial charge >= 0.3 is 71.4 Å². The summed E-state index contributed by atoms with van der Waals surface area (Å²) >= 11 is -3.20. The minimum atomic E-state index is -3.20. The van der Waals surface area contributed by atoms with Gasteiger partial charge in [0, 0.05) is 26.4 Å². The average molecular weight is 502 g/mol. The van der Waals surface area contributed by atoms with Crippen molar-refractivity contribution in [1.29, 1.82) is 0 Å². The number of ether oxygens (including phenoxy) is 2. The Bertz CT molecular complexity index is 230. The first kappa shape index (κ1) is 20.4. The van der Waals surface area contributed by atoms with Crippen molar-refractivity contribution in [3.05, 3.63) is 0 Å². The van der Waals surface area contributed by atoms with Gasteiger partial charge in [-0.1, -0.05) is 0 Å². The van der Waals surface area contributed by atoms with Crippen molar-refractivity contribution < 1.29 is 22.9 Å². The predicted molar refractivity (Wildman–Crippen MR) is 83.2 cm³/mol. The number of hydrogen-bond donors (Lipinski definition) is 0. The molecule has 2 fully saturated rings. The molecule has 0 aromatic rings. The fraction of sp³-hybridized carbons (Fsp3) is 0.923. The Balaban J connectivity index is 0.000000273. The quantitative estimate of drug-likeness (QED) is 0.463. The number of hydrogen-bond acceptors (Lipinski definition) is 2. The SMILES string of the molecule is C1CCOC1.C1CCOC1.CC(C)(C)[CH]=[Ta]([Cl])([Cl])[Cl]. The third-order valence-electron chi connectivity index (χ3n) is 2.19.